The first-order chi connectivity index (χ1) is 12.0. The summed E-state index contributed by atoms with van der Waals surface area (Å²) < 4.78 is 5.34. The summed E-state index contributed by atoms with van der Waals surface area (Å²) in [5.74, 6) is -0.480. The van der Waals surface area contributed by atoms with Crippen molar-refractivity contribution >= 4 is 46.8 Å². The number of piperazine rings is 1. The number of aliphatic hydroxyl groups is 1. The average molecular weight is 425 g/mol. The molecule has 0 bridgehead atoms. The van der Waals surface area contributed by atoms with Gasteiger partial charge in [0.15, 0.2) is 0 Å². The maximum Gasteiger partial charge on any atom is 0.410 e. The van der Waals surface area contributed by atoms with Crippen LogP contribution in [0.25, 0.3) is 0 Å². The highest BCUT2D eigenvalue weighted by atomic mass is 35.5. The minimum atomic E-state index is -0.630. The first kappa shape index (κ1) is 21.0. The minimum absolute atomic E-state index is 0.0156. The molecule has 1 N–H and O–H groups in total. The van der Waals surface area contributed by atoms with Gasteiger partial charge in [0.05, 0.1) is 23.2 Å². The molecule has 0 radical (unpaired) electrons. The number of hydrogen-bond acceptors (Lipinski definition) is 5. The van der Waals surface area contributed by atoms with Crippen molar-refractivity contribution in [1.29, 1.82) is 0 Å². The van der Waals surface area contributed by atoms with Gasteiger partial charge < -0.3 is 19.6 Å². The van der Waals surface area contributed by atoms with E-state index in [9.17, 15) is 14.7 Å². The molecule has 0 aliphatic carbocycles. The molecule has 2 heterocycles. The lowest BCUT2D eigenvalue weighted by molar-refractivity contribution is -0.00243. The molecule has 7 nitrogen and oxygen atoms in total. The van der Waals surface area contributed by atoms with Crippen molar-refractivity contribution in [3.8, 4) is 0 Å². The zero-order valence-electron chi connectivity index (χ0n) is 14.6. The summed E-state index contributed by atoms with van der Waals surface area (Å²) >= 11 is 17.9. The van der Waals surface area contributed by atoms with Crippen LogP contribution in [-0.2, 0) is 4.74 Å². The zero-order chi connectivity index (χ0) is 19.6. The Morgan fingerprint density at radius 3 is 2.50 bits per heavy atom. The summed E-state index contributed by atoms with van der Waals surface area (Å²) in [7, 11) is 0. The number of nitrogens with zero attached hydrogens (tertiary/aromatic N) is 3. The van der Waals surface area contributed by atoms with E-state index in [0.29, 0.717) is 0 Å². The summed E-state index contributed by atoms with van der Waals surface area (Å²) in [5, 5.41) is 9.73. The number of rotatable bonds is 2. The maximum atomic E-state index is 12.9. The van der Waals surface area contributed by atoms with E-state index < -0.39 is 23.6 Å². The molecule has 1 fully saturated rings. The number of ether oxygens (including phenoxy) is 1. The van der Waals surface area contributed by atoms with Gasteiger partial charge in [-0.3, -0.25) is 4.79 Å². The highest BCUT2D eigenvalue weighted by molar-refractivity contribution is 6.40. The Bertz CT molecular complexity index is 685. The lowest BCUT2D eigenvalue weighted by Crippen LogP contribution is -2.58. The molecule has 1 aliphatic heterocycles. The molecule has 0 saturated carbocycles. The molecule has 0 unspecified atom stereocenters. The van der Waals surface area contributed by atoms with Gasteiger partial charge >= 0.3 is 6.09 Å². The quantitative estimate of drug-likeness (QED) is 0.738. The number of pyridine rings is 1. The lowest BCUT2D eigenvalue weighted by Gasteiger charge is -2.41. The largest absolute Gasteiger partial charge is 0.444 e. The standard InChI is InChI=1S/C16H20Cl3N3O4/c1-16(2,3)26-15(25)21-4-5-22(9(7-21)8-23)14(24)12-10(17)6-11(18)20-13(12)19/h6,9,23H,4-5,7-8H2,1-3H3/t9-/m1/s1. The topological polar surface area (TPSA) is 83.0 Å². The molecule has 1 atom stereocenters. The molecule has 1 aromatic heterocycles. The molecule has 1 aromatic rings. The van der Waals surface area contributed by atoms with Crippen molar-refractivity contribution in [1.82, 2.24) is 14.8 Å². The Morgan fingerprint density at radius 2 is 1.96 bits per heavy atom. The summed E-state index contributed by atoms with van der Waals surface area (Å²) in [4.78, 5) is 31.8. The van der Waals surface area contributed by atoms with E-state index in [1.165, 1.54) is 15.9 Å². The van der Waals surface area contributed by atoms with Crippen LogP contribution in [-0.4, -0.2) is 69.8 Å². The Morgan fingerprint density at radius 1 is 1.31 bits per heavy atom. The van der Waals surface area contributed by atoms with Crippen LogP contribution in [0, 0.1) is 0 Å². The Balaban J connectivity index is 2.17. The van der Waals surface area contributed by atoms with Gasteiger partial charge in [-0.2, -0.15) is 0 Å². The minimum Gasteiger partial charge on any atom is -0.444 e. The number of amides is 2. The fourth-order valence-corrected chi connectivity index (χ4v) is 3.45. The van der Waals surface area contributed by atoms with E-state index in [1.54, 1.807) is 20.8 Å². The summed E-state index contributed by atoms with van der Waals surface area (Å²) in [6.07, 6.45) is -0.493. The van der Waals surface area contributed by atoms with Gasteiger partial charge in [-0.05, 0) is 26.8 Å². The van der Waals surface area contributed by atoms with Crippen molar-refractivity contribution in [2.24, 2.45) is 0 Å². The first-order valence-corrected chi connectivity index (χ1v) is 9.08. The Kier molecular flexibility index (Phi) is 6.60. The van der Waals surface area contributed by atoms with E-state index >= 15 is 0 Å². The van der Waals surface area contributed by atoms with Crippen molar-refractivity contribution in [2.45, 2.75) is 32.4 Å². The third kappa shape index (κ3) is 4.91. The molecule has 10 heteroatoms. The predicted octanol–water partition coefficient (Wildman–Crippen LogP) is 3.10. The van der Waals surface area contributed by atoms with Crippen LogP contribution >= 0.6 is 34.8 Å². The molecule has 144 valence electrons. The molecule has 1 saturated heterocycles. The SMILES string of the molecule is CC(C)(C)OC(=O)N1CCN(C(=O)c2c(Cl)cc(Cl)nc2Cl)[C@@H](CO)C1. The molecule has 1 aliphatic rings. The second kappa shape index (κ2) is 8.17. The van der Waals surface area contributed by atoms with Crippen molar-refractivity contribution in [3.05, 3.63) is 27.0 Å². The van der Waals surface area contributed by atoms with Crippen LogP contribution in [0.5, 0.6) is 0 Å². The monoisotopic (exact) mass is 423 g/mol. The molecular formula is C16H20Cl3N3O4. The van der Waals surface area contributed by atoms with E-state index in [-0.39, 0.29) is 47.1 Å². The Hall–Kier alpha value is -1.28. The van der Waals surface area contributed by atoms with Crippen LogP contribution in [0.3, 0.4) is 0 Å². The van der Waals surface area contributed by atoms with Gasteiger partial charge in [0.1, 0.15) is 15.9 Å². The molecule has 2 amide bonds. The molecule has 0 spiro atoms. The van der Waals surface area contributed by atoms with Crippen molar-refractivity contribution < 1.29 is 19.4 Å². The number of carbonyl (C=O) groups is 2. The zero-order valence-corrected chi connectivity index (χ0v) is 16.9. The van der Waals surface area contributed by atoms with Crippen molar-refractivity contribution in [3.63, 3.8) is 0 Å². The Labute approximate surface area is 166 Å². The van der Waals surface area contributed by atoms with Crippen LogP contribution in [0.4, 0.5) is 4.79 Å². The van der Waals surface area contributed by atoms with Gasteiger partial charge in [-0.1, -0.05) is 34.8 Å². The number of halogens is 3. The summed E-state index contributed by atoms with van der Waals surface area (Å²) in [6, 6.07) is 0.708. The number of aliphatic hydroxyl groups excluding tert-OH is 1. The van der Waals surface area contributed by atoms with Crippen LogP contribution in [0.2, 0.25) is 15.3 Å². The number of aromatic nitrogens is 1. The first-order valence-electron chi connectivity index (χ1n) is 7.94. The van der Waals surface area contributed by atoms with Crippen molar-refractivity contribution in [2.75, 3.05) is 26.2 Å². The van der Waals surface area contributed by atoms with E-state index in [0.717, 1.165) is 0 Å². The third-order valence-electron chi connectivity index (χ3n) is 3.72. The number of carbonyl (C=O) groups excluding carboxylic acids is 2. The fourth-order valence-electron chi connectivity index (χ4n) is 2.56. The van der Waals surface area contributed by atoms with E-state index in [4.69, 9.17) is 39.5 Å². The fraction of sp³-hybridized carbons (Fsp3) is 0.562. The highest BCUT2D eigenvalue weighted by Gasteiger charge is 2.35. The smallest absolute Gasteiger partial charge is 0.410 e. The lowest BCUT2D eigenvalue weighted by atomic mass is 10.1. The molecular weight excluding hydrogens is 405 g/mol. The molecule has 2 rings (SSSR count). The highest BCUT2D eigenvalue weighted by Crippen LogP contribution is 2.28. The van der Waals surface area contributed by atoms with Crippen LogP contribution in [0.1, 0.15) is 31.1 Å². The third-order valence-corrected chi connectivity index (χ3v) is 4.48. The number of hydrogen-bond donors (Lipinski definition) is 1. The average Bonchev–Trinajstić information content (AvgIpc) is 2.51. The van der Waals surface area contributed by atoms with E-state index in [1.807, 2.05) is 0 Å². The van der Waals surface area contributed by atoms with Crippen LogP contribution in [0.15, 0.2) is 6.07 Å². The van der Waals surface area contributed by atoms with Crippen LogP contribution < -0.4 is 0 Å². The maximum absolute atomic E-state index is 12.9. The summed E-state index contributed by atoms with van der Waals surface area (Å²) in [5.41, 5.74) is -0.615. The predicted molar refractivity (Wildman–Crippen MR) is 99.0 cm³/mol. The van der Waals surface area contributed by atoms with E-state index in [2.05, 4.69) is 4.98 Å². The van der Waals surface area contributed by atoms with Gasteiger partial charge in [-0.15, -0.1) is 0 Å². The van der Waals surface area contributed by atoms with Gasteiger partial charge in [0.25, 0.3) is 5.91 Å². The van der Waals surface area contributed by atoms with Gasteiger partial charge in [-0.25, -0.2) is 9.78 Å². The second-order valence-electron chi connectivity index (χ2n) is 6.85. The summed E-state index contributed by atoms with van der Waals surface area (Å²) in [6.45, 7) is 5.56. The second-order valence-corrected chi connectivity index (χ2v) is 8.01. The van der Waals surface area contributed by atoms with Gasteiger partial charge in [0.2, 0.25) is 0 Å². The molecule has 0 aromatic carbocycles. The normalized spacial score (nSPS) is 18.0. The van der Waals surface area contributed by atoms with Gasteiger partial charge in [0, 0.05) is 19.6 Å². The molecule has 26 heavy (non-hydrogen) atoms.